The van der Waals surface area contributed by atoms with Crippen LogP contribution in [-0.2, 0) is 9.53 Å². The van der Waals surface area contributed by atoms with Crippen LogP contribution >= 0.6 is 23.2 Å². The molecule has 1 aromatic heterocycles. The maximum Gasteiger partial charge on any atom is 0.255 e. The van der Waals surface area contributed by atoms with Crippen LogP contribution < -0.4 is 10.6 Å². The maximum absolute atomic E-state index is 11.9. The van der Waals surface area contributed by atoms with Crippen molar-refractivity contribution in [3.05, 3.63) is 28.0 Å². The van der Waals surface area contributed by atoms with Gasteiger partial charge in [-0.1, -0.05) is 23.2 Å². The summed E-state index contributed by atoms with van der Waals surface area (Å²) < 4.78 is 4.81. The summed E-state index contributed by atoms with van der Waals surface area (Å²) in [6, 6.07) is 2.19. The summed E-state index contributed by atoms with van der Waals surface area (Å²) in [5.74, 6) is -0.804. The van der Waals surface area contributed by atoms with Gasteiger partial charge in [-0.2, -0.15) is 0 Å². The van der Waals surface area contributed by atoms with Crippen molar-refractivity contribution in [3.63, 3.8) is 0 Å². The van der Waals surface area contributed by atoms with Crippen LogP contribution in [0.4, 0.5) is 0 Å². The molecule has 1 rings (SSSR count). The third kappa shape index (κ3) is 4.96. The van der Waals surface area contributed by atoms with E-state index in [0.717, 1.165) is 0 Å². The first-order chi connectivity index (χ1) is 9.45. The van der Waals surface area contributed by atoms with E-state index < -0.39 is 11.9 Å². The van der Waals surface area contributed by atoms with Gasteiger partial charge >= 0.3 is 0 Å². The Morgan fingerprint density at radius 1 is 1.40 bits per heavy atom. The van der Waals surface area contributed by atoms with Crippen LogP contribution in [0, 0.1) is 0 Å². The summed E-state index contributed by atoms with van der Waals surface area (Å²) in [4.78, 5) is 27.4. The Labute approximate surface area is 126 Å². The number of carbonyl (C=O) groups is 2. The zero-order chi connectivity index (χ0) is 15.1. The van der Waals surface area contributed by atoms with Gasteiger partial charge in [-0.15, -0.1) is 0 Å². The predicted octanol–water partition coefficient (Wildman–Crippen LogP) is 1.27. The van der Waals surface area contributed by atoms with Crippen LogP contribution in [0.3, 0.4) is 0 Å². The first-order valence-corrected chi connectivity index (χ1v) is 6.61. The highest BCUT2D eigenvalue weighted by Crippen LogP contribution is 2.16. The smallest absolute Gasteiger partial charge is 0.255 e. The number of amides is 2. The Morgan fingerprint density at radius 2 is 2.10 bits per heavy atom. The maximum atomic E-state index is 11.9. The monoisotopic (exact) mass is 319 g/mol. The number of hydrogen-bond acceptors (Lipinski definition) is 4. The first-order valence-electron chi connectivity index (χ1n) is 5.85. The van der Waals surface area contributed by atoms with Gasteiger partial charge in [-0.25, -0.2) is 4.98 Å². The predicted molar refractivity (Wildman–Crippen MR) is 76.1 cm³/mol. The molecule has 0 aromatic carbocycles. The number of aromatic nitrogens is 1. The Hall–Kier alpha value is -1.37. The van der Waals surface area contributed by atoms with E-state index in [1.165, 1.54) is 19.2 Å². The lowest BCUT2D eigenvalue weighted by molar-refractivity contribution is -0.122. The third-order valence-corrected chi connectivity index (χ3v) is 2.90. The number of nitrogens with one attached hydrogen (secondary N) is 2. The molecule has 1 heterocycles. The summed E-state index contributed by atoms with van der Waals surface area (Å²) in [5.41, 5.74) is 0.160. The van der Waals surface area contributed by atoms with Crippen molar-refractivity contribution >= 4 is 35.0 Å². The van der Waals surface area contributed by atoms with Crippen LogP contribution in [0.2, 0.25) is 10.3 Å². The second-order valence-electron chi connectivity index (χ2n) is 3.95. The lowest BCUT2D eigenvalue weighted by Crippen LogP contribution is -2.45. The van der Waals surface area contributed by atoms with Crippen molar-refractivity contribution in [1.29, 1.82) is 0 Å². The molecular weight excluding hydrogens is 305 g/mol. The molecule has 0 saturated carbocycles. The Morgan fingerprint density at radius 3 is 2.70 bits per heavy atom. The zero-order valence-electron chi connectivity index (χ0n) is 11.1. The molecule has 1 unspecified atom stereocenters. The number of pyridine rings is 1. The van der Waals surface area contributed by atoms with E-state index in [9.17, 15) is 9.59 Å². The summed E-state index contributed by atoms with van der Waals surface area (Å²) in [6.45, 7) is 2.34. The molecule has 0 saturated heterocycles. The summed E-state index contributed by atoms with van der Waals surface area (Å²) in [6.07, 6.45) is 0. The fourth-order valence-corrected chi connectivity index (χ4v) is 1.78. The van der Waals surface area contributed by atoms with Crippen LogP contribution in [-0.4, -0.2) is 43.1 Å². The number of hydrogen-bond donors (Lipinski definition) is 2. The lowest BCUT2D eigenvalue weighted by Gasteiger charge is -2.14. The minimum atomic E-state index is -0.703. The molecule has 0 aliphatic heterocycles. The minimum absolute atomic E-state index is 0.0120. The highest BCUT2D eigenvalue weighted by molar-refractivity contribution is 6.34. The van der Waals surface area contributed by atoms with Crippen molar-refractivity contribution in [2.24, 2.45) is 0 Å². The molecule has 2 N–H and O–H groups in total. The normalized spacial score (nSPS) is 11.8. The van der Waals surface area contributed by atoms with Gasteiger partial charge in [0.15, 0.2) is 0 Å². The van der Waals surface area contributed by atoms with Crippen molar-refractivity contribution in [2.45, 2.75) is 13.0 Å². The highest BCUT2D eigenvalue weighted by atomic mass is 35.5. The molecule has 0 bridgehead atoms. The Kier molecular flexibility index (Phi) is 6.70. The molecule has 0 aliphatic rings. The topological polar surface area (TPSA) is 80.3 Å². The van der Waals surface area contributed by atoms with E-state index in [0.29, 0.717) is 13.2 Å². The molecule has 1 aromatic rings. The van der Waals surface area contributed by atoms with Gasteiger partial charge < -0.3 is 15.4 Å². The van der Waals surface area contributed by atoms with Gasteiger partial charge in [0, 0.05) is 13.7 Å². The van der Waals surface area contributed by atoms with Crippen molar-refractivity contribution in [1.82, 2.24) is 15.6 Å². The molecule has 1 atom stereocenters. The van der Waals surface area contributed by atoms with Crippen molar-refractivity contribution < 1.29 is 14.3 Å². The van der Waals surface area contributed by atoms with E-state index in [2.05, 4.69) is 15.6 Å². The van der Waals surface area contributed by atoms with Gasteiger partial charge in [0.1, 0.15) is 16.3 Å². The van der Waals surface area contributed by atoms with Crippen LogP contribution in [0.25, 0.3) is 0 Å². The molecule has 0 spiro atoms. The first kappa shape index (κ1) is 16.7. The molecular formula is C12H15Cl2N3O3. The summed E-state index contributed by atoms with van der Waals surface area (Å²) >= 11 is 11.5. The van der Waals surface area contributed by atoms with Gasteiger partial charge in [-0.05, 0) is 19.1 Å². The Balaban J connectivity index is 2.58. The number of rotatable bonds is 6. The second-order valence-corrected chi connectivity index (χ2v) is 4.70. The number of ether oxygens (including phenoxy) is 1. The average Bonchev–Trinajstić information content (AvgIpc) is 2.38. The standard InChI is InChI=1S/C12H15Cl2N3O3/c1-7(11(18)15-5-6-20-2)16-12(19)8-3-4-9(13)17-10(8)14/h3-4,7H,5-6H2,1-2H3,(H,15,18)(H,16,19). The van der Waals surface area contributed by atoms with Gasteiger partial charge in [0.25, 0.3) is 5.91 Å². The number of carbonyl (C=O) groups excluding carboxylic acids is 2. The molecule has 6 nitrogen and oxygen atoms in total. The second kappa shape index (κ2) is 8.04. The number of methoxy groups -OCH3 is 1. The van der Waals surface area contributed by atoms with E-state index in [-0.39, 0.29) is 21.8 Å². The van der Waals surface area contributed by atoms with Crippen LogP contribution in [0.15, 0.2) is 12.1 Å². The van der Waals surface area contributed by atoms with E-state index >= 15 is 0 Å². The largest absolute Gasteiger partial charge is 0.383 e. The van der Waals surface area contributed by atoms with Gasteiger partial charge in [-0.3, -0.25) is 9.59 Å². The van der Waals surface area contributed by atoms with E-state index in [4.69, 9.17) is 27.9 Å². The summed E-state index contributed by atoms with van der Waals surface area (Å²) in [7, 11) is 1.53. The fraction of sp³-hybridized carbons (Fsp3) is 0.417. The zero-order valence-corrected chi connectivity index (χ0v) is 12.6. The fourth-order valence-electron chi connectivity index (χ4n) is 1.35. The third-order valence-electron chi connectivity index (χ3n) is 2.41. The van der Waals surface area contributed by atoms with E-state index in [1.54, 1.807) is 6.92 Å². The molecule has 0 aliphatic carbocycles. The van der Waals surface area contributed by atoms with Crippen LogP contribution in [0.5, 0.6) is 0 Å². The molecule has 20 heavy (non-hydrogen) atoms. The summed E-state index contributed by atoms with van der Waals surface area (Å²) in [5, 5.41) is 5.32. The van der Waals surface area contributed by atoms with Gasteiger partial charge in [0.2, 0.25) is 5.91 Å². The van der Waals surface area contributed by atoms with Crippen molar-refractivity contribution in [3.8, 4) is 0 Å². The molecule has 8 heteroatoms. The molecule has 0 fully saturated rings. The highest BCUT2D eigenvalue weighted by Gasteiger charge is 2.18. The number of nitrogens with zero attached hydrogens (tertiary/aromatic N) is 1. The van der Waals surface area contributed by atoms with Crippen LogP contribution in [0.1, 0.15) is 17.3 Å². The molecule has 2 amide bonds. The van der Waals surface area contributed by atoms with Crippen molar-refractivity contribution in [2.75, 3.05) is 20.3 Å². The average molecular weight is 320 g/mol. The molecule has 110 valence electrons. The Bertz CT molecular complexity index is 497. The molecule has 0 radical (unpaired) electrons. The minimum Gasteiger partial charge on any atom is -0.383 e. The lowest BCUT2D eigenvalue weighted by atomic mass is 10.2. The van der Waals surface area contributed by atoms with E-state index in [1.807, 2.05) is 0 Å². The van der Waals surface area contributed by atoms with Gasteiger partial charge in [0.05, 0.1) is 12.2 Å². The SMILES string of the molecule is COCCNC(=O)C(C)NC(=O)c1ccc(Cl)nc1Cl. The quantitative estimate of drug-likeness (QED) is 0.611. The number of halogens is 2.